The van der Waals surface area contributed by atoms with Gasteiger partial charge >= 0.3 is 12.1 Å². The number of hydrogen-bond acceptors (Lipinski definition) is 7. The van der Waals surface area contributed by atoms with Gasteiger partial charge in [-0.3, -0.25) is 4.79 Å². The van der Waals surface area contributed by atoms with Crippen molar-refractivity contribution in [3.05, 3.63) is 17.9 Å². The summed E-state index contributed by atoms with van der Waals surface area (Å²) in [4.78, 5) is 38.7. The van der Waals surface area contributed by atoms with E-state index < -0.39 is 30.2 Å². The highest BCUT2D eigenvalue weighted by molar-refractivity contribution is 5.89. The van der Waals surface area contributed by atoms with Crippen molar-refractivity contribution < 1.29 is 33.4 Å². The second kappa shape index (κ2) is 7.45. The Balaban J connectivity index is 1.75. The third-order valence-electron chi connectivity index (χ3n) is 3.40. The maximum atomic E-state index is 12.1. The number of esters is 1. The number of hydrogen-bond donors (Lipinski definition) is 1. The van der Waals surface area contributed by atoms with E-state index in [1.165, 1.54) is 21.9 Å². The molecular formula is C16H22N2O7. The van der Waals surface area contributed by atoms with Crippen molar-refractivity contribution in [2.75, 3.05) is 32.8 Å². The highest BCUT2D eigenvalue weighted by Gasteiger charge is 2.28. The highest BCUT2D eigenvalue weighted by Crippen LogP contribution is 2.15. The van der Waals surface area contributed by atoms with Gasteiger partial charge in [-0.1, -0.05) is 0 Å². The maximum absolute atomic E-state index is 12.1. The van der Waals surface area contributed by atoms with Gasteiger partial charge < -0.3 is 28.8 Å². The van der Waals surface area contributed by atoms with Crippen molar-refractivity contribution in [2.24, 2.45) is 0 Å². The first kappa shape index (κ1) is 18.6. The van der Waals surface area contributed by atoms with Gasteiger partial charge in [0, 0.05) is 32.2 Å². The van der Waals surface area contributed by atoms with Gasteiger partial charge in [0.25, 0.3) is 11.9 Å². The quantitative estimate of drug-likeness (QED) is 0.813. The van der Waals surface area contributed by atoms with Crippen LogP contribution in [-0.4, -0.2) is 71.3 Å². The summed E-state index contributed by atoms with van der Waals surface area (Å²) in [5.41, 5.74) is -0.571. The minimum atomic E-state index is -0.832. The molecule has 2 heterocycles. The summed E-state index contributed by atoms with van der Waals surface area (Å²) in [5.74, 6) is -1.79. The zero-order valence-electron chi connectivity index (χ0n) is 14.5. The number of aromatic hydroxyl groups is 1. The molecule has 9 nitrogen and oxygen atoms in total. The average molecular weight is 354 g/mol. The lowest BCUT2D eigenvalue weighted by Gasteiger charge is -2.35. The van der Waals surface area contributed by atoms with E-state index in [-0.39, 0.29) is 11.7 Å². The fraction of sp³-hybridized carbons (Fsp3) is 0.562. The van der Waals surface area contributed by atoms with Crippen LogP contribution in [0.4, 0.5) is 4.79 Å². The Hall–Kier alpha value is -2.71. The largest absolute Gasteiger partial charge is 0.481 e. The summed E-state index contributed by atoms with van der Waals surface area (Å²) >= 11 is 0. The summed E-state index contributed by atoms with van der Waals surface area (Å²) in [6.45, 7) is 6.29. The summed E-state index contributed by atoms with van der Waals surface area (Å²) in [6, 6.07) is 2.45. The SMILES string of the molecule is CC(C)(C)OC(=O)N1CCN(C(=O)COC(=O)c2ccc(O)o2)CC1. The third-order valence-corrected chi connectivity index (χ3v) is 3.40. The predicted octanol–water partition coefficient (Wildman–Crippen LogP) is 1.22. The predicted molar refractivity (Wildman–Crippen MR) is 85.0 cm³/mol. The van der Waals surface area contributed by atoms with Crippen LogP contribution in [0.25, 0.3) is 0 Å². The minimum absolute atomic E-state index is 0.181. The lowest BCUT2D eigenvalue weighted by Crippen LogP contribution is -2.52. The van der Waals surface area contributed by atoms with Gasteiger partial charge in [-0.15, -0.1) is 0 Å². The lowest BCUT2D eigenvalue weighted by molar-refractivity contribution is -0.136. The summed E-state index contributed by atoms with van der Waals surface area (Å²) < 4.78 is 14.8. The average Bonchev–Trinajstić information content (AvgIpc) is 2.97. The van der Waals surface area contributed by atoms with Crippen LogP contribution in [0.15, 0.2) is 16.5 Å². The summed E-state index contributed by atoms with van der Waals surface area (Å²) in [5, 5.41) is 9.03. The van der Waals surface area contributed by atoms with E-state index in [0.29, 0.717) is 26.2 Å². The number of piperazine rings is 1. The van der Waals surface area contributed by atoms with Crippen LogP contribution in [-0.2, 0) is 14.3 Å². The van der Waals surface area contributed by atoms with Crippen LogP contribution >= 0.6 is 0 Å². The van der Waals surface area contributed by atoms with Crippen molar-refractivity contribution in [3.63, 3.8) is 0 Å². The molecule has 2 rings (SSSR count). The second-order valence-electron chi connectivity index (χ2n) is 6.56. The van der Waals surface area contributed by atoms with Gasteiger partial charge in [-0.2, -0.15) is 0 Å². The molecule has 0 atom stereocenters. The fourth-order valence-corrected chi connectivity index (χ4v) is 2.19. The first-order valence-electron chi connectivity index (χ1n) is 7.87. The molecule has 138 valence electrons. The summed E-state index contributed by atoms with van der Waals surface area (Å²) in [6.07, 6.45) is -0.413. The third kappa shape index (κ3) is 5.40. The molecule has 2 amide bonds. The van der Waals surface area contributed by atoms with Gasteiger partial charge in [0.15, 0.2) is 6.61 Å². The minimum Gasteiger partial charge on any atom is -0.481 e. The smallest absolute Gasteiger partial charge is 0.410 e. The van der Waals surface area contributed by atoms with Crippen LogP contribution in [0.3, 0.4) is 0 Å². The molecule has 0 saturated carbocycles. The van der Waals surface area contributed by atoms with E-state index in [0.717, 1.165) is 0 Å². The Morgan fingerprint density at radius 3 is 2.24 bits per heavy atom. The topological polar surface area (TPSA) is 110 Å². The van der Waals surface area contributed by atoms with Crippen LogP contribution in [0.5, 0.6) is 5.95 Å². The molecule has 1 N–H and O–H groups in total. The molecular weight excluding hydrogens is 332 g/mol. The maximum Gasteiger partial charge on any atom is 0.410 e. The number of furan rings is 1. The van der Waals surface area contributed by atoms with Gasteiger partial charge in [-0.25, -0.2) is 9.59 Å². The molecule has 1 aliphatic heterocycles. The zero-order valence-corrected chi connectivity index (χ0v) is 14.5. The van der Waals surface area contributed by atoms with Crippen molar-refractivity contribution in [1.82, 2.24) is 9.80 Å². The second-order valence-corrected chi connectivity index (χ2v) is 6.56. The molecule has 1 aromatic rings. The first-order chi connectivity index (χ1) is 11.7. The molecule has 9 heteroatoms. The summed E-state index contributed by atoms with van der Waals surface area (Å²) in [7, 11) is 0. The molecule has 0 aromatic carbocycles. The molecule has 0 spiro atoms. The number of ether oxygens (including phenoxy) is 2. The molecule has 0 radical (unpaired) electrons. The van der Waals surface area contributed by atoms with E-state index >= 15 is 0 Å². The molecule has 0 aliphatic carbocycles. The first-order valence-corrected chi connectivity index (χ1v) is 7.87. The van der Waals surface area contributed by atoms with Crippen molar-refractivity contribution in [1.29, 1.82) is 0 Å². The highest BCUT2D eigenvalue weighted by atomic mass is 16.6. The Morgan fingerprint density at radius 2 is 1.72 bits per heavy atom. The van der Waals surface area contributed by atoms with Crippen molar-refractivity contribution >= 4 is 18.0 Å². The number of amides is 2. The van der Waals surface area contributed by atoms with Crippen LogP contribution in [0.2, 0.25) is 0 Å². The number of nitrogens with zero attached hydrogens (tertiary/aromatic N) is 2. The normalized spacial score (nSPS) is 15.0. The fourth-order valence-electron chi connectivity index (χ4n) is 2.19. The van der Waals surface area contributed by atoms with E-state index in [1.54, 1.807) is 20.8 Å². The molecule has 0 bridgehead atoms. The van der Waals surface area contributed by atoms with Crippen LogP contribution in [0.1, 0.15) is 31.3 Å². The van der Waals surface area contributed by atoms with E-state index in [1.807, 2.05) is 0 Å². The number of carbonyl (C=O) groups is 3. The van der Waals surface area contributed by atoms with Gasteiger partial charge in [-0.05, 0) is 26.8 Å². The van der Waals surface area contributed by atoms with E-state index in [2.05, 4.69) is 0 Å². The van der Waals surface area contributed by atoms with E-state index in [9.17, 15) is 14.4 Å². The van der Waals surface area contributed by atoms with Crippen molar-refractivity contribution in [3.8, 4) is 5.95 Å². The standard InChI is InChI=1S/C16H22N2O7/c1-16(2,3)25-15(22)18-8-6-17(7-9-18)12(19)10-23-14(21)11-4-5-13(20)24-11/h4-5,20H,6-10H2,1-3H3. The van der Waals surface area contributed by atoms with Crippen molar-refractivity contribution in [2.45, 2.75) is 26.4 Å². The molecule has 1 aliphatic rings. The van der Waals surface area contributed by atoms with Gasteiger partial charge in [0.05, 0.1) is 0 Å². The molecule has 25 heavy (non-hydrogen) atoms. The molecule has 1 aromatic heterocycles. The van der Waals surface area contributed by atoms with Crippen LogP contribution in [0, 0.1) is 0 Å². The van der Waals surface area contributed by atoms with Crippen LogP contribution < -0.4 is 0 Å². The number of rotatable bonds is 3. The Bertz CT molecular complexity index is 639. The Morgan fingerprint density at radius 1 is 1.12 bits per heavy atom. The number of carbonyl (C=O) groups excluding carboxylic acids is 3. The van der Waals surface area contributed by atoms with Gasteiger partial charge in [0.1, 0.15) is 5.60 Å². The zero-order chi connectivity index (χ0) is 18.6. The van der Waals surface area contributed by atoms with Gasteiger partial charge in [0.2, 0.25) is 5.76 Å². The molecule has 0 unspecified atom stereocenters. The lowest BCUT2D eigenvalue weighted by atomic mass is 10.2. The monoisotopic (exact) mass is 354 g/mol. The Labute approximate surface area is 145 Å². The Kier molecular flexibility index (Phi) is 5.55. The molecule has 1 fully saturated rings. The van der Waals surface area contributed by atoms with E-state index in [4.69, 9.17) is 19.0 Å². The molecule has 1 saturated heterocycles.